The molecular weight excluding hydrogens is 258 g/mol. The smallest absolute Gasteiger partial charge is 0.282 e. The fourth-order valence-electron chi connectivity index (χ4n) is 2.60. The highest BCUT2D eigenvalue weighted by molar-refractivity contribution is 5.99. The predicted molar refractivity (Wildman–Crippen MR) is 76.4 cm³/mol. The van der Waals surface area contributed by atoms with Crippen LogP contribution in [0.3, 0.4) is 0 Å². The van der Waals surface area contributed by atoms with Crippen molar-refractivity contribution >= 4 is 17.3 Å². The number of benzene rings is 1. The summed E-state index contributed by atoms with van der Waals surface area (Å²) in [6, 6.07) is 4.13. The summed E-state index contributed by atoms with van der Waals surface area (Å²) in [6.07, 6.45) is 3.02. The second-order valence-corrected chi connectivity index (χ2v) is 5.18. The number of nitrogens with two attached hydrogens (primary N) is 1. The highest BCUT2D eigenvalue weighted by Crippen LogP contribution is 2.26. The van der Waals surface area contributed by atoms with Crippen molar-refractivity contribution in [3.63, 3.8) is 0 Å². The Balaban J connectivity index is 2.21. The molecule has 2 rings (SSSR count). The molecule has 6 nitrogen and oxygen atoms in total. The fraction of sp³-hybridized carbons (Fsp3) is 0.500. The number of hydrogen-bond acceptors (Lipinski definition) is 4. The first-order valence-electron chi connectivity index (χ1n) is 6.86. The maximum Gasteiger partial charge on any atom is 0.282 e. The lowest BCUT2D eigenvalue weighted by molar-refractivity contribution is -0.385. The lowest BCUT2D eigenvalue weighted by Crippen LogP contribution is -2.38. The highest BCUT2D eigenvalue weighted by atomic mass is 16.6. The molecule has 0 radical (unpaired) electrons. The second-order valence-electron chi connectivity index (χ2n) is 5.18. The van der Waals surface area contributed by atoms with Gasteiger partial charge < -0.3 is 10.6 Å². The summed E-state index contributed by atoms with van der Waals surface area (Å²) in [7, 11) is 0. The first-order valence-corrected chi connectivity index (χ1v) is 6.86. The van der Waals surface area contributed by atoms with E-state index in [1.807, 2.05) is 0 Å². The molecule has 0 bridgehead atoms. The summed E-state index contributed by atoms with van der Waals surface area (Å²) in [5.74, 6) is 0.355. The van der Waals surface area contributed by atoms with E-state index in [0.717, 1.165) is 19.3 Å². The number of carbonyl (C=O) groups excluding carboxylic acids is 1. The van der Waals surface area contributed by atoms with Crippen molar-refractivity contribution < 1.29 is 9.72 Å². The zero-order valence-electron chi connectivity index (χ0n) is 11.5. The van der Waals surface area contributed by atoms with Crippen molar-refractivity contribution in [3.05, 3.63) is 33.9 Å². The number of amides is 1. The van der Waals surface area contributed by atoms with Crippen molar-refractivity contribution in [1.29, 1.82) is 0 Å². The molecule has 1 aliphatic heterocycles. The molecule has 1 aromatic rings. The van der Waals surface area contributed by atoms with Crippen molar-refractivity contribution in [2.45, 2.75) is 26.2 Å². The van der Waals surface area contributed by atoms with Gasteiger partial charge in [-0.3, -0.25) is 14.9 Å². The topological polar surface area (TPSA) is 89.5 Å². The van der Waals surface area contributed by atoms with Crippen LogP contribution in [0, 0.1) is 16.0 Å². The quantitative estimate of drug-likeness (QED) is 0.522. The van der Waals surface area contributed by atoms with Crippen molar-refractivity contribution in [1.82, 2.24) is 4.90 Å². The Hall–Kier alpha value is -2.11. The Morgan fingerprint density at radius 1 is 1.45 bits per heavy atom. The van der Waals surface area contributed by atoms with Gasteiger partial charge in [-0.15, -0.1) is 0 Å². The van der Waals surface area contributed by atoms with E-state index in [1.54, 1.807) is 4.90 Å². The Morgan fingerprint density at radius 2 is 2.10 bits per heavy atom. The van der Waals surface area contributed by atoms with Crippen LogP contribution in [0.25, 0.3) is 0 Å². The van der Waals surface area contributed by atoms with Crippen LogP contribution < -0.4 is 5.73 Å². The second kappa shape index (κ2) is 5.90. The Kier molecular flexibility index (Phi) is 4.22. The normalized spacial score (nSPS) is 16.1. The number of hydrogen-bond donors (Lipinski definition) is 1. The van der Waals surface area contributed by atoms with Gasteiger partial charge in [0, 0.05) is 24.8 Å². The summed E-state index contributed by atoms with van der Waals surface area (Å²) < 4.78 is 0. The molecule has 1 fully saturated rings. The van der Waals surface area contributed by atoms with Crippen molar-refractivity contribution in [2.24, 2.45) is 5.92 Å². The van der Waals surface area contributed by atoms with E-state index in [4.69, 9.17) is 5.73 Å². The molecule has 1 heterocycles. The molecule has 0 saturated carbocycles. The van der Waals surface area contributed by atoms with Crippen molar-refractivity contribution in [2.75, 3.05) is 18.8 Å². The molecule has 1 aliphatic rings. The first kappa shape index (κ1) is 14.3. The summed E-state index contributed by atoms with van der Waals surface area (Å²) in [4.78, 5) is 24.6. The van der Waals surface area contributed by atoms with Gasteiger partial charge in [0.05, 0.1) is 4.92 Å². The van der Waals surface area contributed by atoms with Crippen LogP contribution in [-0.2, 0) is 0 Å². The Labute approximate surface area is 117 Å². The number of carbonyl (C=O) groups is 1. The minimum Gasteiger partial charge on any atom is -0.399 e. The third-order valence-electron chi connectivity index (χ3n) is 3.93. The summed E-state index contributed by atoms with van der Waals surface area (Å²) in [5, 5.41) is 11.0. The van der Waals surface area contributed by atoms with Crippen LogP contribution in [0.15, 0.2) is 18.2 Å². The zero-order chi connectivity index (χ0) is 14.7. The molecule has 0 atom stereocenters. The van der Waals surface area contributed by atoms with Gasteiger partial charge in [-0.1, -0.05) is 13.3 Å². The standard InChI is InChI=1S/C14H19N3O3/c1-2-10-5-7-16(8-6-10)14(18)12-9-11(15)3-4-13(12)17(19)20/h3-4,9-10H,2,5-8,15H2,1H3. The van der Waals surface area contributed by atoms with Gasteiger partial charge in [0.25, 0.3) is 11.6 Å². The van der Waals surface area contributed by atoms with E-state index in [-0.39, 0.29) is 17.2 Å². The maximum absolute atomic E-state index is 12.4. The van der Waals surface area contributed by atoms with Crippen molar-refractivity contribution in [3.8, 4) is 0 Å². The molecule has 108 valence electrons. The Morgan fingerprint density at radius 3 is 2.65 bits per heavy atom. The molecule has 6 heteroatoms. The van der Waals surface area contributed by atoms with E-state index in [9.17, 15) is 14.9 Å². The maximum atomic E-state index is 12.4. The number of likely N-dealkylation sites (tertiary alicyclic amines) is 1. The van der Waals surface area contributed by atoms with Gasteiger partial charge in [0.1, 0.15) is 5.56 Å². The zero-order valence-corrected chi connectivity index (χ0v) is 11.5. The molecule has 20 heavy (non-hydrogen) atoms. The van der Waals surface area contributed by atoms with Crippen LogP contribution in [0.5, 0.6) is 0 Å². The minimum absolute atomic E-state index is 0.0879. The number of rotatable bonds is 3. The lowest BCUT2D eigenvalue weighted by Gasteiger charge is -2.31. The molecular formula is C14H19N3O3. The van der Waals surface area contributed by atoms with Crippen LogP contribution in [-0.4, -0.2) is 28.8 Å². The van der Waals surface area contributed by atoms with Crippen LogP contribution in [0.2, 0.25) is 0 Å². The number of nitrogen functional groups attached to an aromatic ring is 1. The number of nitro groups is 1. The molecule has 0 spiro atoms. The van der Waals surface area contributed by atoms with Gasteiger partial charge in [-0.25, -0.2) is 0 Å². The van der Waals surface area contributed by atoms with E-state index in [0.29, 0.717) is 24.7 Å². The van der Waals surface area contributed by atoms with Crippen LogP contribution in [0.4, 0.5) is 11.4 Å². The van der Waals surface area contributed by atoms with Gasteiger partial charge in [0.15, 0.2) is 0 Å². The van der Waals surface area contributed by atoms with Gasteiger partial charge >= 0.3 is 0 Å². The number of nitrogens with zero attached hydrogens (tertiary/aromatic N) is 2. The van der Waals surface area contributed by atoms with E-state index >= 15 is 0 Å². The summed E-state index contributed by atoms with van der Waals surface area (Å²) in [5.41, 5.74) is 5.92. The molecule has 1 aromatic carbocycles. The number of nitro benzene ring substituents is 1. The third kappa shape index (κ3) is 2.89. The molecule has 1 saturated heterocycles. The SMILES string of the molecule is CCC1CCN(C(=O)c2cc(N)ccc2[N+](=O)[O-])CC1. The van der Waals surface area contributed by atoms with E-state index in [2.05, 4.69) is 6.92 Å². The van der Waals surface area contributed by atoms with Crippen LogP contribution in [0.1, 0.15) is 36.5 Å². The summed E-state index contributed by atoms with van der Waals surface area (Å²) >= 11 is 0. The summed E-state index contributed by atoms with van der Waals surface area (Å²) in [6.45, 7) is 3.46. The first-order chi connectivity index (χ1) is 9.52. The molecule has 2 N–H and O–H groups in total. The number of anilines is 1. The molecule has 1 amide bonds. The van der Waals surface area contributed by atoms with Gasteiger partial charge in [-0.05, 0) is 30.9 Å². The van der Waals surface area contributed by atoms with Gasteiger partial charge in [-0.2, -0.15) is 0 Å². The Bertz CT molecular complexity index is 522. The predicted octanol–water partition coefficient (Wildman–Crippen LogP) is 2.44. The largest absolute Gasteiger partial charge is 0.399 e. The van der Waals surface area contributed by atoms with Crippen LogP contribution >= 0.6 is 0 Å². The van der Waals surface area contributed by atoms with E-state index < -0.39 is 4.92 Å². The van der Waals surface area contributed by atoms with Gasteiger partial charge in [0.2, 0.25) is 0 Å². The third-order valence-corrected chi connectivity index (χ3v) is 3.93. The monoisotopic (exact) mass is 277 g/mol. The average Bonchev–Trinajstić information content (AvgIpc) is 2.46. The minimum atomic E-state index is -0.536. The molecule has 0 unspecified atom stereocenters. The molecule has 0 aromatic heterocycles. The van der Waals surface area contributed by atoms with E-state index in [1.165, 1.54) is 18.2 Å². The molecule has 0 aliphatic carbocycles. The average molecular weight is 277 g/mol. The fourth-order valence-corrected chi connectivity index (χ4v) is 2.60. The number of piperidine rings is 1. The lowest BCUT2D eigenvalue weighted by atomic mass is 9.94. The highest BCUT2D eigenvalue weighted by Gasteiger charge is 2.27.